The Hall–Kier alpha value is -0.730. The number of hydrogen-bond donors (Lipinski definition) is 0. The molecule has 0 fully saturated rings. The summed E-state index contributed by atoms with van der Waals surface area (Å²) in [5, 5.41) is 0. The van der Waals surface area contributed by atoms with Gasteiger partial charge in [-0.3, -0.25) is 0 Å². The van der Waals surface area contributed by atoms with Gasteiger partial charge in [0, 0.05) is 17.9 Å². The first-order chi connectivity index (χ1) is 11.1. The normalized spacial score (nSPS) is 24.7. The highest BCUT2D eigenvalue weighted by Gasteiger charge is 2.44. The van der Waals surface area contributed by atoms with Crippen molar-refractivity contribution in [3.8, 4) is 0 Å². The van der Waals surface area contributed by atoms with Gasteiger partial charge in [-0.25, -0.2) is 0 Å². The summed E-state index contributed by atoms with van der Waals surface area (Å²) in [7, 11) is 0. The Balaban J connectivity index is 2.46. The van der Waals surface area contributed by atoms with Crippen molar-refractivity contribution >= 4 is 11.8 Å². The van der Waals surface area contributed by atoms with Gasteiger partial charge in [0.25, 0.3) is 0 Å². The summed E-state index contributed by atoms with van der Waals surface area (Å²) in [6.45, 7) is 16.8. The maximum Gasteiger partial charge on any atom is 0.143 e. The standard InChI is InChI=1S/C22H34OS/c1-8-15-23-22(24-18-11-9-10-12-18)14-13-17(20(2,3)4)16-19(22)21(5,6)7/h9,11-13,16H,8,10,14-15H2,1-7H3. The highest BCUT2D eigenvalue weighted by molar-refractivity contribution is 8.04. The average Bonchev–Trinajstić information content (AvgIpc) is 2.96. The Kier molecular flexibility index (Phi) is 5.92. The van der Waals surface area contributed by atoms with E-state index in [4.69, 9.17) is 4.74 Å². The molecule has 0 saturated carbocycles. The van der Waals surface area contributed by atoms with Crippen molar-refractivity contribution in [3.63, 3.8) is 0 Å². The molecule has 134 valence electrons. The van der Waals surface area contributed by atoms with E-state index in [-0.39, 0.29) is 15.8 Å². The van der Waals surface area contributed by atoms with Crippen LogP contribution in [0.15, 0.2) is 46.4 Å². The first-order valence-electron chi connectivity index (χ1n) is 9.21. The molecule has 1 atom stereocenters. The van der Waals surface area contributed by atoms with Crippen molar-refractivity contribution in [2.75, 3.05) is 6.61 Å². The molecule has 2 aliphatic carbocycles. The number of rotatable bonds is 5. The molecule has 0 saturated heterocycles. The van der Waals surface area contributed by atoms with Crippen LogP contribution in [0.5, 0.6) is 0 Å². The van der Waals surface area contributed by atoms with Crippen molar-refractivity contribution in [1.29, 1.82) is 0 Å². The second-order valence-electron chi connectivity index (χ2n) is 8.87. The van der Waals surface area contributed by atoms with Crippen molar-refractivity contribution in [2.24, 2.45) is 10.8 Å². The smallest absolute Gasteiger partial charge is 0.143 e. The zero-order chi connectivity index (χ0) is 18.0. The fourth-order valence-corrected chi connectivity index (χ4v) is 4.73. The average molecular weight is 347 g/mol. The van der Waals surface area contributed by atoms with Crippen molar-refractivity contribution < 1.29 is 4.74 Å². The first kappa shape index (κ1) is 19.6. The Labute approximate surface area is 153 Å². The minimum atomic E-state index is -0.274. The largest absolute Gasteiger partial charge is 0.360 e. The third kappa shape index (κ3) is 4.46. The molecule has 0 aromatic carbocycles. The highest BCUT2D eigenvalue weighted by Crippen LogP contribution is 2.53. The molecular formula is C22H34OS. The van der Waals surface area contributed by atoms with E-state index in [1.165, 1.54) is 16.1 Å². The minimum Gasteiger partial charge on any atom is -0.360 e. The predicted octanol–water partition coefficient (Wildman–Crippen LogP) is 7.04. The minimum absolute atomic E-state index is 0.0778. The summed E-state index contributed by atoms with van der Waals surface area (Å²) in [6, 6.07) is 0. The summed E-state index contributed by atoms with van der Waals surface area (Å²) < 4.78 is 6.56. The lowest BCUT2D eigenvalue weighted by atomic mass is 9.74. The van der Waals surface area contributed by atoms with Crippen LogP contribution in [0.1, 0.15) is 67.7 Å². The second kappa shape index (κ2) is 7.25. The predicted molar refractivity (Wildman–Crippen MR) is 108 cm³/mol. The lowest BCUT2D eigenvalue weighted by molar-refractivity contribution is 0.0404. The summed E-state index contributed by atoms with van der Waals surface area (Å²) >= 11 is 1.90. The molecule has 0 bridgehead atoms. The van der Waals surface area contributed by atoms with E-state index in [0.29, 0.717) is 0 Å². The van der Waals surface area contributed by atoms with Crippen LogP contribution in [-0.4, -0.2) is 11.5 Å². The summed E-state index contributed by atoms with van der Waals surface area (Å²) in [6.07, 6.45) is 14.6. The first-order valence-corrected chi connectivity index (χ1v) is 10.0. The zero-order valence-electron chi connectivity index (χ0n) is 16.5. The molecular weight excluding hydrogens is 312 g/mol. The zero-order valence-corrected chi connectivity index (χ0v) is 17.3. The van der Waals surface area contributed by atoms with Gasteiger partial charge < -0.3 is 4.74 Å². The van der Waals surface area contributed by atoms with Gasteiger partial charge in [-0.15, -0.1) is 0 Å². The maximum absolute atomic E-state index is 6.56. The van der Waals surface area contributed by atoms with Gasteiger partial charge in [-0.2, -0.15) is 0 Å². The van der Waals surface area contributed by atoms with Gasteiger partial charge in [-0.1, -0.05) is 90.6 Å². The van der Waals surface area contributed by atoms with Gasteiger partial charge in [0.05, 0.1) is 0 Å². The molecule has 0 N–H and O–H groups in total. The van der Waals surface area contributed by atoms with Gasteiger partial charge in [0.2, 0.25) is 0 Å². The number of allylic oxidation sites excluding steroid dienone is 5. The van der Waals surface area contributed by atoms with E-state index in [1.807, 2.05) is 11.8 Å². The molecule has 1 unspecified atom stereocenters. The molecule has 1 nitrogen and oxygen atoms in total. The summed E-state index contributed by atoms with van der Waals surface area (Å²) in [5.41, 5.74) is 3.10. The Morgan fingerprint density at radius 2 is 1.79 bits per heavy atom. The molecule has 0 aliphatic heterocycles. The fourth-order valence-electron chi connectivity index (χ4n) is 3.22. The maximum atomic E-state index is 6.56. The highest BCUT2D eigenvalue weighted by atomic mass is 32.2. The van der Waals surface area contributed by atoms with Gasteiger partial charge in [0.15, 0.2) is 0 Å². The molecule has 0 radical (unpaired) electrons. The van der Waals surface area contributed by atoms with E-state index in [0.717, 1.165) is 25.9 Å². The Bertz CT molecular complexity index is 578. The van der Waals surface area contributed by atoms with Crippen molar-refractivity contribution in [2.45, 2.75) is 72.7 Å². The lowest BCUT2D eigenvalue weighted by Gasteiger charge is -2.44. The van der Waals surface area contributed by atoms with E-state index in [1.54, 1.807) is 0 Å². The third-order valence-electron chi connectivity index (χ3n) is 4.53. The van der Waals surface area contributed by atoms with Crippen LogP contribution in [0.3, 0.4) is 0 Å². The number of ether oxygens (including phenoxy) is 1. The van der Waals surface area contributed by atoms with E-state index < -0.39 is 0 Å². The third-order valence-corrected chi connectivity index (χ3v) is 5.91. The molecule has 0 amide bonds. The Morgan fingerprint density at radius 1 is 1.08 bits per heavy atom. The molecule has 2 heteroatoms. The topological polar surface area (TPSA) is 9.23 Å². The van der Waals surface area contributed by atoms with E-state index in [2.05, 4.69) is 78.8 Å². The van der Waals surface area contributed by atoms with Gasteiger partial charge >= 0.3 is 0 Å². The van der Waals surface area contributed by atoms with Crippen LogP contribution in [0.25, 0.3) is 0 Å². The molecule has 2 aliphatic rings. The van der Waals surface area contributed by atoms with Crippen LogP contribution in [0.2, 0.25) is 0 Å². The monoisotopic (exact) mass is 346 g/mol. The molecule has 0 aromatic rings. The van der Waals surface area contributed by atoms with Crippen molar-refractivity contribution in [1.82, 2.24) is 0 Å². The Morgan fingerprint density at radius 3 is 2.29 bits per heavy atom. The number of thioether (sulfide) groups is 1. The van der Waals surface area contributed by atoms with Crippen LogP contribution in [0, 0.1) is 10.8 Å². The van der Waals surface area contributed by atoms with E-state index in [9.17, 15) is 0 Å². The summed E-state index contributed by atoms with van der Waals surface area (Å²) in [5.74, 6) is 0. The molecule has 2 rings (SSSR count). The quantitative estimate of drug-likeness (QED) is 0.494. The molecule has 0 heterocycles. The van der Waals surface area contributed by atoms with Gasteiger partial charge in [-0.05, 0) is 34.8 Å². The van der Waals surface area contributed by atoms with Gasteiger partial charge in [0.1, 0.15) is 4.93 Å². The summed E-state index contributed by atoms with van der Waals surface area (Å²) in [4.78, 5) is 1.07. The fraction of sp³-hybridized carbons (Fsp3) is 0.636. The van der Waals surface area contributed by atoms with Crippen molar-refractivity contribution in [3.05, 3.63) is 46.4 Å². The van der Waals surface area contributed by atoms with Crippen LogP contribution in [-0.2, 0) is 4.74 Å². The SMILES string of the molecule is CCCOC1(SC2=CCC=C2)CC=C(C(C)(C)C)C=C1C(C)(C)C. The molecule has 0 aromatic heterocycles. The van der Waals surface area contributed by atoms with Crippen LogP contribution in [0.4, 0.5) is 0 Å². The number of hydrogen-bond acceptors (Lipinski definition) is 2. The molecule has 24 heavy (non-hydrogen) atoms. The van der Waals surface area contributed by atoms with Crippen LogP contribution < -0.4 is 0 Å². The van der Waals surface area contributed by atoms with Crippen LogP contribution >= 0.6 is 11.8 Å². The molecule has 0 spiro atoms. The lowest BCUT2D eigenvalue weighted by Crippen LogP contribution is -2.39. The second-order valence-corrected chi connectivity index (χ2v) is 10.2. The van der Waals surface area contributed by atoms with E-state index >= 15 is 0 Å².